The largest absolute Gasteiger partial charge is 0.465 e. The molecular weight excluding hydrogens is 232 g/mol. The summed E-state index contributed by atoms with van der Waals surface area (Å²) >= 11 is 0. The average Bonchev–Trinajstić information content (AvgIpc) is 2.93. The molecule has 0 spiro atoms. The molecule has 1 saturated carbocycles. The van der Waals surface area contributed by atoms with E-state index in [0.29, 0.717) is 31.0 Å². The van der Waals surface area contributed by atoms with Gasteiger partial charge in [0.2, 0.25) is 5.89 Å². The van der Waals surface area contributed by atoms with Crippen LogP contribution in [0.3, 0.4) is 0 Å². The van der Waals surface area contributed by atoms with Crippen molar-refractivity contribution in [1.29, 1.82) is 0 Å². The van der Waals surface area contributed by atoms with Gasteiger partial charge in [-0.2, -0.15) is 0 Å². The van der Waals surface area contributed by atoms with E-state index >= 15 is 0 Å². The van der Waals surface area contributed by atoms with Crippen molar-refractivity contribution in [2.24, 2.45) is 0 Å². The zero-order valence-electron chi connectivity index (χ0n) is 10.3. The predicted molar refractivity (Wildman–Crippen MR) is 64.9 cm³/mol. The van der Waals surface area contributed by atoms with Gasteiger partial charge in [-0.3, -0.25) is 0 Å². The molecule has 0 atom stereocenters. The van der Waals surface area contributed by atoms with E-state index in [2.05, 4.69) is 20.8 Å². The SMILES string of the molecule is Cc1ccc(CNc2nnc(CNC3CC3)o2)o1. The molecule has 1 aliphatic carbocycles. The van der Waals surface area contributed by atoms with Crippen LogP contribution in [-0.2, 0) is 13.1 Å². The lowest BCUT2D eigenvalue weighted by Crippen LogP contribution is -2.15. The quantitative estimate of drug-likeness (QED) is 0.812. The molecule has 3 rings (SSSR count). The van der Waals surface area contributed by atoms with Gasteiger partial charge in [0.25, 0.3) is 0 Å². The van der Waals surface area contributed by atoms with Crippen molar-refractivity contribution in [1.82, 2.24) is 15.5 Å². The minimum atomic E-state index is 0.427. The summed E-state index contributed by atoms with van der Waals surface area (Å²) in [5.74, 6) is 2.36. The lowest BCUT2D eigenvalue weighted by Gasteiger charge is -1.98. The number of hydrogen-bond acceptors (Lipinski definition) is 6. The molecule has 0 aromatic carbocycles. The van der Waals surface area contributed by atoms with Gasteiger partial charge in [-0.05, 0) is 31.9 Å². The molecule has 2 aromatic rings. The van der Waals surface area contributed by atoms with E-state index in [1.165, 1.54) is 12.8 Å². The third-order valence-corrected chi connectivity index (χ3v) is 2.80. The fraction of sp³-hybridized carbons (Fsp3) is 0.500. The molecule has 0 unspecified atom stereocenters. The van der Waals surface area contributed by atoms with E-state index in [9.17, 15) is 0 Å². The lowest BCUT2D eigenvalue weighted by molar-refractivity contribution is 0.466. The summed E-state index contributed by atoms with van der Waals surface area (Å²) in [4.78, 5) is 0. The first-order valence-corrected chi connectivity index (χ1v) is 6.14. The van der Waals surface area contributed by atoms with Crippen LogP contribution in [0.25, 0.3) is 0 Å². The van der Waals surface area contributed by atoms with Crippen LogP contribution in [-0.4, -0.2) is 16.2 Å². The maximum Gasteiger partial charge on any atom is 0.315 e. The Hall–Kier alpha value is -1.82. The fourth-order valence-corrected chi connectivity index (χ4v) is 1.66. The number of aromatic nitrogens is 2. The van der Waals surface area contributed by atoms with Crippen molar-refractivity contribution in [3.63, 3.8) is 0 Å². The fourth-order valence-electron chi connectivity index (χ4n) is 1.66. The minimum Gasteiger partial charge on any atom is -0.465 e. The Morgan fingerprint density at radius 3 is 2.83 bits per heavy atom. The van der Waals surface area contributed by atoms with Gasteiger partial charge in [-0.25, -0.2) is 0 Å². The monoisotopic (exact) mass is 248 g/mol. The second kappa shape index (κ2) is 4.81. The number of aryl methyl sites for hydroxylation is 1. The van der Waals surface area contributed by atoms with Gasteiger partial charge in [0, 0.05) is 6.04 Å². The summed E-state index contributed by atoms with van der Waals surface area (Å²) in [6, 6.07) is 4.92. The summed E-state index contributed by atoms with van der Waals surface area (Å²) in [6.07, 6.45) is 2.49. The second-order valence-corrected chi connectivity index (χ2v) is 4.52. The molecule has 0 saturated heterocycles. The van der Waals surface area contributed by atoms with Crippen molar-refractivity contribution in [3.8, 4) is 0 Å². The molecule has 0 amide bonds. The highest BCUT2D eigenvalue weighted by atomic mass is 16.4. The molecule has 0 bridgehead atoms. The standard InChI is InChI=1S/C12H16N4O2/c1-8-2-5-10(17-8)6-14-12-16-15-11(18-12)7-13-9-3-4-9/h2,5,9,13H,3-4,6-7H2,1H3,(H,14,16). The van der Waals surface area contributed by atoms with Crippen molar-refractivity contribution in [2.45, 2.75) is 38.9 Å². The highest BCUT2D eigenvalue weighted by molar-refractivity contribution is 5.19. The molecule has 2 heterocycles. The Kier molecular flexibility index (Phi) is 3.02. The zero-order valence-corrected chi connectivity index (χ0v) is 10.3. The van der Waals surface area contributed by atoms with Crippen LogP contribution in [0.4, 0.5) is 6.01 Å². The van der Waals surface area contributed by atoms with Gasteiger partial charge in [0.05, 0.1) is 13.1 Å². The number of anilines is 1. The van der Waals surface area contributed by atoms with Gasteiger partial charge in [-0.1, -0.05) is 5.10 Å². The molecule has 6 nitrogen and oxygen atoms in total. The van der Waals surface area contributed by atoms with Gasteiger partial charge in [-0.15, -0.1) is 5.10 Å². The molecule has 2 aromatic heterocycles. The topological polar surface area (TPSA) is 76.1 Å². The van der Waals surface area contributed by atoms with E-state index in [-0.39, 0.29) is 0 Å². The molecular formula is C12H16N4O2. The van der Waals surface area contributed by atoms with Crippen LogP contribution < -0.4 is 10.6 Å². The van der Waals surface area contributed by atoms with E-state index in [1.807, 2.05) is 19.1 Å². The number of furan rings is 1. The van der Waals surface area contributed by atoms with Crippen molar-refractivity contribution in [2.75, 3.05) is 5.32 Å². The van der Waals surface area contributed by atoms with Crippen LogP contribution in [0.5, 0.6) is 0 Å². The van der Waals surface area contributed by atoms with Crippen molar-refractivity contribution in [3.05, 3.63) is 29.5 Å². The third-order valence-electron chi connectivity index (χ3n) is 2.80. The second-order valence-electron chi connectivity index (χ2n) is 4.52. The van der Waals surface area contributed by atoms with Gasteiger partial charge in [0.1, 0.15) is 11.5 Å². The highest BCUT2D eigenvalue weighted by Gasteiger charge is 2.21. The number of nitrogens with zero attached hydrogens (tertiary/aromatic N) is 2. The van der Waals surface area contributed by atoms with E-state index in [1.54, 1.807) is 0 Å². The van der Waals surface area contributed by atoms with Gasteiger partial charge >= 0.3 is 6.01 Å². The Morgan fingerprint density at radius 1 is 1.22 bits per heavy atom. The van der Waals surface area contributed by atoms with Crippen LogP contribution in [0.2, 0.25) is 0 Å². The molecule has 0 radical (unpaired) electrons. The normalized spacial score (nSPS) is 14.9. The molecule has 0 aliphatic heterocycles. The summed E-state index contributed by atoms with van der Waals surface area (Å²) in [6.45, 7) is 3.10. The maximum atomic E-state index is 5.45. The van der Waals surface area contributed by atoms with Crippen LogP contribution >= 0.6 is 0 Å². The number of rotatable bonds is 6. The van der Waals surface area contributed by atoms with Gasteiger partial charge in [0.15, 0.2) is 0 Å². The number of nitrogens with one attached hydrogen (secondary N) is 2. The lowest BCUT2D eigenvalue weighted by atomic mass is 10.4. The van der Waals surface area contributed by atoms with E-state index in [4.69, 9.17) is 8.83 Å². The van der Waals surface area contributed by atoms with Crippen LogP contribution in [0.15, 0.2) is 21.0 Å². The van der Waals surface area contributed by atoms with Crippen LogP contribution in [0, 0.1) is 6.92 Å². The van der Waals surface area contributed by atoms with Crippen LogP contribution in [0.1, 0.15) is 30.3 Å². The summed E-state index contributed by atoms with van der Waals surface area (Å²) in [5.41, 5.74) is 0. The van der Waals surface area contributed by atoms with Gasteiger partial charge < -0.3 is 19.5 Å². The predicted octanol–water partition coefficient (Wildman–Crippen LogP) is 1.84. The Bertz CT molecular complexity index is 516. The smallest absolute Gasteiger partial charge is 0.315 e. The summed E-state index contributed by atoms with van der Waals surface area (Å²) in [7, 11) is 0. The maximum absolute atomic E-state index is 5.45. The molecule has 96 valence electrons. The average molecular weight is 248 g/mol. The third kappa shape index (κ3) is 2.89. The molecule has 2 N–H and O–H groups in total. The first-order valence-electron chi connectivity index (χ1n) is 6.14. The first-order chi connectivity index (χ1) is 8.79. The van der Waals surface area contributed by atoms with Crippen molar-refractivity contribution < 1.29 is 8.83 Å². The van der Waals surface area contributed by atoms with E-state index < -0.39 is 0 Å². The molecule has 18 heavy (non-hydrogen) atoms. The van der Waals surface area contributed by atoms with E-state index in [0.717, 1.165) is 11.5 Å². The Balaban J connectivity index is 1.49. The van der Waals surface area contributed by atoms with Crippen molar-refractivity contribution >= 4 is 6.01 Å². The summed E-state index contributed by atoms with van der Waals surface area (Å²) in [5, 5.41) is 14.2. The number of hydrogen-bond donors (Lipinski definition) is 2. The first kappa shape index (κ1) is 11.3. The zero-order chi connectivity index (χ0) is 12.4. The minimum absolute atomic E-state index is 0.427. The summed E-state index contributed by atoms with van der Waals surface area (Å²) < 4.78 is 10.9. The Labute approximate surface area is 105 Å². The molecule has 6 heteroatoms. The Morgan fingerprint density at radius 2 is 2.11 bits per heavy atom. The molecule has 1 fully saturated rings. The highest BCUT2D eigenvalue weighted by Crippen LogP contribution is 2.19. The molecule has 1 aliphatic rings.